The number of hydrogen-bond acceptors (Lipinski definition) is 4. The lowest BCUT2D eigenvalue weighted by Crippen LogP contribution is -1.95. The van der Waals surface area contributed by atoms with Gasteiger partial charge in [0.15, 0.2) is 0 Å². The Morgan fingerprint density at radius 3 is 3.07 bits per heavy atom. The Morgan fingerprint density at radius 2 is 2.33 bits per heavy atom. The van der Waals surface area contributed by atoms with Gasteiger partial charge >= 0.3 is 0 Å². The van der Waals surface area contributed by atoms with Crippen molar-refractivity contribution < 1.29 is 4.74 Å². The van der Waals surface area contributed by atoms with Crippen molar-refractivity contribution in [1.29, 1.82) is 0 Å². The zero-order valence-corrected chi connectivity index (χ0v) is 9.39. The van der Waals surface area contributed by atoms with E-state index >= 15 is 0 Å². The number of benzene rings is 1. The number of hydrogen-bond donors (Lipinski definition) is 1. The summed E-state index contributed by atoms with van der Waals surface area (Å²) >= 11 is 7.49. The molecule has 0 aliphatic carbocycles. The summed E-state index contributed by atoms with van der Waals surface area (Å²) in [6, 6.07) is 5.17. The molecule has 0 amide bonds. The van der Waals surface area contributed by atoms with Gasteiger partial charge in [-0.15, -0.1) is 11.3 Å². The molecule has 0 spiro atoms. The average Bonchev–Trinajstić information content (AvgIpc) is 2.72. The molecular weight excluding hydrogens is 232 g/mol. The monoisotopic (exact) mass is 240 g/mol. The van der Waals surface area contributed by atoms with E-state index in [9.17, 15) is 0 Å². The molecule has 1 aromatic carbocycles. The second kappa shape index (κ2) is 4.51. The van der Waals surface area contributed by atoms with Gasteiger partial charge in [0.1, 0.15) is 12.4 Å². The molecule has 0 aliphatic rings. The van der Waals surface area contributed by atoms with E-state index in [1.165, 1.54) is 0 Å². The number of halogens is 1. The van der Waals surface area contributed by atoms with Crippen LogP contribution < -0.4 is 10.5 Å². The standard InChI is InChI=1S/C10H9ClN2OS/c11-9-2-1-7(12)3-10(9)14-5-8-4-13-6-15-8/h1-4,6H,5,12H2. The van der Waals surface area contributed by atoms with E-state index in [-0.39, 0.29) is 0 Å². The zero-order chi connectivity index (χ0) is 10.7. The lowest BCUT2D eigenvalue weighted by atomic mass is 10.3. The van der Waals surface area contributed by atoms with Crippen LogP contribution in [0.1, 0.15) is 4.88 Å². The van der Waals surface area contributed by atoms with E-state index in [4.69, 9.17) is 22.1 Å². The molecule has 15 heavy (non-hydrogen) atoms. The maximum Gasteiger partial charge on any atom is 0.140 e. The van der Waals surface area contributed by atoms with Gasteiger partial charge in [-0.1, -0.05) is 11.6 Å². The van der Waals surface area contributed by atoms with Gasteiger partial charge in [0.05, 0.1) is 15.4 Å². The molecule has 3 nitrogen and oxygen atoms in total. The Morgan fingerprint density at radius 1 is 1.47 bits per heavy atom. The van der Waals surface area contributed by atoms with Gasteiger partial charge < -0.3 is 10.5 Å². The van der Waals surface area contributed by atoms with E-state index in [0.29, 0.717) is 23.1 Å². The Bertz CT molecular complexity index is 445. The minimum atomic E-state index is 0.466. The van der Waals surface area contributed by atoms with Gasteiger partial charge in [-0.05, 0) is 12.1 Å². The maximum atomic E-state index is 5.94. The van der Waals surface area contributed by atoms with Gasteiger partial charge in [0, 0.05) is 18.0 Å². The quantitative estimate of drug-likeness (QED) is 0.840. The van der Waals surface area contributed by atoms with Crippen LogP contribution in [0.4, 0.5) is 5.69 Å². The zero-order valence-electron chi connectivity index (χ0n) is 7.81. The first-order valence-corrected chi connectivity index (χ1v) is 5.56. The van der Waals surface area contributed by atoms with Crippen LogP contribution >= 0.6 is 22.9 Å². The number of ether oxygens (including phenoxy) is 1. The van der Waals surface area contributed by atoms with Crippen LogP contribution in [0.25, 0.3) is 0 Å². The third kappa shape index (κ3) is 2.61. The highest BCUT2D eigenvalue weighted by atomic mass is 35.5. The van der Waals surface area contributed by atoms with E-state index in [0.717, 1.165) is 4.88 Å². The number of nitrogens with two attached hydrogens (primary N) is 1. The summed E-state index contributed by atoms with van der Waals surface area (Å²) < 4.78 is 5.52. The molecule has 78 valence electrons. The van der Waals surface area contributed by atoms with Crippen molar-refractivity contribution in [2.45, 2.75) is 6.61 Å². The predicted molar refractivity (Wildman–Crippen MR) is 62.3 cm³/mol. The smallest absolute Gasteiger partial charge is 0.140 e. The van der Waals surface area contributed by atoms with Gasteiger partial charge in [0.2, 0.25) is 0 Å². The first-order valence-electron chi connectivity index (χ1n) is 4.31. The first kappa shape index (κ1) is 10.3. The first-order chi connectivity index (χ1) is 7.25. The Balaban J connectivity index is 2.07. The number of thiazole rings is 1. The van der Waals surface area contributed by atoms with Crippen molar-refractivity contribution in [3.63, 3.8) is 0 Å². The van der Waals surface area contributed by atoms with Crippen LogP contribution in [-0.2, 0) is 6.61 Å². The molecule has 0 saturated heterocycles. The summed E-state index contributed by atoms with van der Waals surface area (Å²) in [4.78, 5) is 5.00. The molecule has 0 atom stereocenters. The second-order valence-corrected chi connectivity index (χ2v) is 4.32. The predicted octanol–water partition coefficient (Wildman–Crippen LogP) is 2.96. The molecule has 2 N–H and O–H groups in total. The van der Waals surface area contributed by atoms with Crippen molar-refractivity contribution in [2.24, 2.45) is 0 Å². The van der Waals surface area contributed by atoms with Crippen LogP contribution in [0, 0.1) is 0 Å². The van der Waals surface area contributed by atoms with Gasteiger partial charge in [0.25, 0.3) is 0 Å². The van der Waals surface area contributed by atoms with Crippen LogP contribution in [-0.4, -0.2) is 4.98 Å². The highest BCUT2D eigenvalue weighted by Crippen LogP contribution is 2.27. The highest BCUT2D eigenvalue weighted by molar-refractivity contribution is 7.09. The molecule has 0 radical (unpaired) electrons. The van der Waals surface area contributed by atoms with Crippen LogP contribution in [0.5, 0.6) is 5.75 Å². The second-order valence-electron chi connectivity index (χ2n) is 2.95. The molecule has 2 aromatic rings. The number of nitrogen functional groups attached to an aromatic ring is 1. The summed E-state index contributed by atoms with van der Waals surface area (Å²) in [5, 5.41) is 0.564. The molecule has 0 bridgehead atoms. The molecule has 2 rings (SSSR count). The molecular formula is C10H9ClN2OS. The molecule has 0 saturated carbocycles. The minimum absolute atomic E-state index is 0.466. The number of nitrogens with zero attached hydrogens (tertiary/aromatic N) is 1. The van der Waals surface area contributed by atoms with E-state index < -0.39 is 0 Å². The average molecular weight is 241 g/mol. The molecule has 0 fully saturated rings. The van der Waals surface area contributed by atoms with E-state index in [1.807, 2.05) is 0 Å². The van der Waals surface area contributed by atoms with Crippen molar-refractivity contribution in [3.8, 4) is 5.75 Å². The third-order valence-electron chi connectivity index (χ3n) is 1.81. The fraction of sp³-hybridized carbons (Fsp3) is 0.100. The minimum Gasteiger partial charge on any atom is -0.486 e. The van der Waals surface area contributed by atoms with Crippen LogP contribution in [0.15, 0.2) is 29.9 Å². The van der Waals surface area contributed by atoms with Gasteiger partial charge in [-0.25, -0.2) is 0 Å². The summed E-state index contributed by atoms with van der Waals surface area (Å²) in [5.74, 6) is 0.602. The molecule has 0 unspecified atom stereocenters. The third-order valence-corrected chi connectivity index (χ3v) is 2.87. The lowest BCUT2D eigenvalue weighted by Gasteiger charge is -2.06. The molecule has 1 aromatic heterocycles. The Labute approximate surface area is 96.5 Å². The lowest BCUT2D eigenvalue weighted by molar-refractivity contribution is 0.310. The largest absolute Gasteiger partial charge is 0.486 e. The summed E-state index contributed by atoms with van der Waals surface area (Å²) in [7, 11) is 0. The van der Waals surface area contributed by atoms with Crippen molar-refractivity contribution in [3.05, 3.63) is 39.8 Å². The fourth-order valence-corrected chi connectivity index (χ4v) is 1.77. The number of rotatable bonds is 3. The number of aromatic nitrogens is 1. The molecule has 1 heterocycles. The van der Waals surface area contributed by atoms with Crippen LogP contribution in [0.3, 0.4) is 0 Å². The van der Waals surface area contributed by atoms with E-state index in [1.54, 1.807) is 41.2 Å². The van der Waals surface area contributed by atoms with Crippen molar-refractivity contribution >= 4 is 28.6 Å². The van der Waals surface area contributed by atoms with Crippen molar-refractivity contribution in [2.75, 3.05) is 5.73 Å². The van der Waals surface area contributed by atoms with Gasteiger partial charge in [-0.3, -0.25) is 4.98 Å². The maximum absolute atomic E-state index is 5.94. The number of anilines is 1. The van der Waals surface area contributed by atoms with Gasteiger partial charge in [-0.2, -0.15) is 0 Å². The SMILES string of the molecule is Nc1ccc(Cl)c(OCc2cncs2)c1. The summed E-state index contributed by atoms with van der Waals surface area (Å²) in [6.45, 7) is 0.466. The topological polar surface area (TPSA) is 48.1 Å². The van der Waals surface area contributed by atoms with Crippen LogP contribution in [0.2, 0.25) is 5.02 Å². The molecule has 5 heteroatoms. The molecule has 0 aliphatic heterocycles. The fourth-order valence-electron chi connectivity index (χ4n) is 1.09. The Hall–Kier alpha value is -1.26. The van der Waals surface area contributed by atoms with E-state index in [2.05, 4.69) is 4.98 Å². The summed E-state index contributed by atoms with van der Waals surface area (Å²) in [5.41, 5.74) is 8.03. The normalized spacial score (nSPS) is 10.2. The van der Waals surface area contributed by atoms with Crippen molar-refractivity contribution in [1.82, 2.24) is 4.98 Å². The Kier molecular flexibility index (Phi) is 3.08. The summed E-state index contributed by atoms with van der Waals surface area (Å²) in [6.07, 6.45) is 1.77. The highest BCUT2D eigenvalue weighted by Gasteiger charge is 2.03.